The number of hydrogen-bond donors (Lipinski definition) is 1. The minimum absolute atomic E-state index is 0.00257. The molecule has 3 rings (SSSR count). The molecule has 2 amide bonds. The van der Waals surface area contributed by atoms with Crippen LogP contribution in [0, 0.1) is 0 Å². The molecule has 2 aromatic rings. The molecule has 0 aliphatic carbocycles. The summed E-state index contributed by atoms with van der Waals surface area (Å²) < 4.78 is 5.36. The third kappa shape index (κ3) is 6.13. The number of carbonyl (C=O) groups is 2. The van der Waals surface area contributed by atoms with Crippen molar-refractivity contribution in [3.63, 3.8) is 0 Å². The summed E-state index contributed by atoms with van der Waals surface area (Å²) in [6, 6.07) is 3.94. The van der Waals surface area contributed by atoms with Gasteiger partial charge in [-0.1, -0.05) is 17.6 Å². The van der Waals surface area contributed by atoms with Gasteiger partial charge in [0.25, 0.3) is 0 Å². The lowest BCUT2D eigenvalue weighted by Gasteiger charge is -2.34. The average Bonchev–Trinajstić information content (AvgIpc) is 3.36. The van der Waals surface area contributed by atoms with E-state index >= 15 is 0 Å². The first-order chi connectivity index (χ1) is 13.6. The molecule has 2 aromatic heterocycles. The van der Waals surface area contributed by atoms with Crippen LogP contribution in [-0.2, 0) is 16.1 Å². The van der Waals surface area contributed by atoms with E-state index < -0.39 is 0 Å². The maximum absolute atomic E-state index is 12.3. The van der Waals surface area contributed by atoms with E-state index in [4.69, 9.17) is 4.52 Å². The number of rotatable bonds is 9. The fourth-order valence-electron chi connectivity index (χ4n) is 3.17. The topological polar surface area (TPSA) is 91.6 Å². The Bertz CT molecular complexity index is 753. The van der Waals surface area contributed by atoms with E-state index in [2.05, 4.69) is 20.4 Å². The zero-order valence-corrected chi connectivity index (χ0v) is 17.0. The number of nitrogens with one attached hydrogen (secondary N) is 1. The zero-order valence-electron chi connectivity index (χ0n) is 16.2. The normalized spacial score (nSPS) is 15.0. The number of carbonyl (C=O) groups excluding carboxylic acids is 2. The van der Waals surface area contributed by atoms with Gasteiger partial charge in [0, 0.05) is 46.1 Å². The zero-order chi connectivity index (χ0) is 19.8. The fraction of sp³-hybridized carbons (Fsp3) is 0.579. The van der Waals surface area contributed by atoms with Gasteiger partial charge in [-0.2, -0.15) is 4.98 Å². The summed E-state index contributed by atoms with van der Waals surface area (Å²) in [7, 11) is 0. The van der Waals surface area contributed by atoms with Crippen molar-refractivity contribution in [1.82, 2.24) is 25.3 Å². The highest BCUT2D eigenvalue weighted by molar-refractivity contribution is 7.13. The SMILES string of the molecule is CC(=O)NCCCCCC(=O)N1CCN(Cc2nc(-c3cccs3)no2)CC1. The van der Waals surface area contributed by atoms with Crippen LogP contribution in [0.15, 0.2) is 22.0 Å². The summed E-state index contributed by atoms with van der Waals surface area (Å²) in [5.74, 6) is 1.47. The predicted octanol–water partition coefficient (Wildman–Crippen LogP) is 2.14. The maximum Gasteiger partial charge on any atom is 0.241 e. The van der Waals surface area contributed by atoms with E-state index in [9.17, 15) is 9.59 Å². The number of piperazine rings is 1. The van der Waals surface area contributed by atoms with Crippen LogP contribution >= 0.6 is 11.3 Å². The molecule has 0 aromatic carbocycles. The molecule has 0 atom stereocenters. The second kappa shape index (κ2) is 10.3. The number of amides is 2. The molecule has 8 nitrogen and oxygen atoms in total. The van der Waals surface area contributed by atoms with Crippen LogP contribution in [0.3, 0.4) is 0 Å². The predicted molar refractivity (Wildman–Crippen MR) is 107 cm³/mol. The molecule has 28 heavy (non-hydrogen) atoms. The van der Waals surface area contributed by atoms with Crippen LogP contribution < -0.4 is 5.32 Å². The molecule has 3 heterocycles. The molecule has 1 aliphatic rings. The van der Waals surface area contributed by atoms with Crippen LogP contribution in [0.2, 0.25) is 0 Å². The molecular formula is C19H27N5O3S. The average molecular weight is 406 g/mol. The monoisotopic (exact) mass is 405 g/mol. The van der Waals surface area contributed by atoms with E-state index in [0.29, 0.717) is 31.2 Å². The number of aromatic nitrogens is 2. The van der Waals surface area contributed by atoms with Crippen LogP contribution in [0.4, 0.5) is 0 Å². The Morgan fingerprint density at radius 3 is 2.75 bits per heavy atom. The third-order valence-corrected chi connectivity index (χ3v) is 5.60. The van der Waals surface area contributed by atoms with Crippen molar-refractivity contribution >= 4 is 23.2 Å². The first kappa shape index (κ1) is 20.5. The molecule has 1 aliphatic heterocycles. The molecule has 0 unspecified atom stereocenters. The third-order valence-electron chi connectivity index (χ3n) is 4.73. The highest BCUT2D eigenvalue weighted by Crippen LogP contribution is 2.21. The number of hydrogen-bond acceptors (Lipinski definition) is 7. The van der Waals surface area contributed by atoms with Gasteiger partial charge in [-0.05, 0) is 24.3 Å². The van der Waals surface area contributed by atoms with Gasteiger partial charge in [0.05, 0.1) is 11.4 Å². The van der Waals surface area contributed by atoms with Crippen molar-refractivity contribution in [2.24, 2.45) is 0 Å². The highest BCUT2D eigenvalue weighted by Gasteiger charge is 2.22. The van der Waals surface area contributed by atoms with Gasteiger partial charge in [0.1, 0.15) is 0 Å². The van der Waals surface area contributed by atoms with E-state index in [1.165, 1.54) is 6.92 Å². The van der Waals surface area contributed by atoms with Crippen molar-refractivity contribution in [1.29, 1.82) is 0 Å². The molecular weight excluding hydrogens is 378 g/mol. The molecule has 0 saturated carbocycles. The van der Waals surface area contributed by atoms with Gasteiger partial charge in [-0.25, -0.2) is 0 Å². The van der Waals surface area contributed by atoms with Gasteiger partial charge in [0.2, 0.25) is 23.5 Å². The lowest BCUT2D eigenvalue weighted by molar-refractivity contribution is -0.133. The summed E-state index contributed by atoms with van der Waals surface area (Å²) in [6.07, 6.45) is 3.31. The Morgan fingerprint density at radius 1 is 1.21 bits per heavy atom. The van der Waals surface area contributed by atoms with Crippen LogP contribution in [0.5, 0.6) is 0 Å². The molecule has 0 radical (unpaired) electrons. The minimum atomic E-state index is -0.00257. The quantitative estimate of drug-likeness (QED) is 0.643. The maximum atomic E-state index is 12.3. The number of unbranched alkanes of at least 4 members (excludes halogenated alkanes) is 2. The fourth-order valence-corrected chi connectivity index (χ4v) is 3.82. The number of thiophene rings is 1. The Labute approximate surface area is 168 Å². The molecule has 0 bridgehead atoms. The van der Waals surface area contributed by atoms with Crippen LogP contribution in [-0.4, -0.2) is 64.5 Å². The largest absolute Gasteiger partial charge is 0.356 e. The van der Waals surface area contributed by atoms with Crippen molar-refractivity contribution in [3.8, 4) is 10.7 Å². The van der Waals surface area contributed by atoms with Crippen molar-refractivity contribution < 1.29 is 14.1 Å². The van der Waals surface area contributed by atoms with Gasteiger partial charge < -0.3 is 14.7 Å². The van der Waals surface area contributed by atoms with E-state index in [1.807, 2.05) is 22.4 Å². The van der Waals surface area contributed by atoms with E-state index in [1.54, 1.807) is 11.3 Å². The lowest BCUT2D eigenvalue weighted by Crippen LogP contribution is -2.48. The minimum Gasteiger partial charge on any atom is -0.356 e. The second-order valence-electron chi connectivity index (χ2n) is 6.94. The summed E-state index contributed by atoms with van der Waals surface area (Å²) in [5.41, 5.74) is 0. The Balaban J connectivity index is 1.33. The van der Waals surface area contributed by atoms with Crippen molar-refractivity contribution in [2.75, 3.05) is 32.7 Å². The smallest absolute Gasteiger partial charge is 0.241 e. The van der Waals surface area contributed by atoms with E-state index in [-0.39, 0.29) is 11.8 Å². The standard InChI is InChI=1S/C19H27N5O3S/c1-15(25)20-8-4-2-3-7-18(26)24-11-9-23(10-12-24)14-17-21-19(22-27-17)16-6-5-13-28-16/h5-6,13H,2-4,7-12,14H2,1H3,(H,20,25). The lowest BCUT2D eigenvalue weighted by atomic mass is 10.1. The van der Waals surface area contributed by atoms with Gasteiger partial charge in [-0.15, -0.1) is 11.3 Å². The summed E-state index contributed by atoms with van der Waals surface area (Å²) in [5, 5.41) is 8.81. The highest BCUT2D eigenvalue weighted by atomic mass is 32.1. The van der Waals surface area contributed by atoms with Gasteiger partial charge in [-0.3, -0.25) is 14.5 Å². The van der Waals surface area contributed by atoms with Gasteiger partial charge in [0.15, 0.2) is 0 Å². The van der Waals surface area contributed by atoms with E-state index in [0.717, 1.165) is 50.3 Å². The van der Waals surface area contributed by atoms with Crippen molar-refractivity contribution in [2.45, 2.75) is 39.2 Å². The molecule has 9 heteroatoms. The Hall–Kier alpha value is -2.26. The summed E-state index contributed by atoms with van der Waals surface area (Å²) in [4.78, 5) is 32.8. The number of nitrogens with zero attached hydrogens (tertiary/aromatic N) is 4. The first-order valence-corrected chi connectivity index (χ1v) is 10.6. The molecule has 0 spiro atoms. The Kier molecular flexibility index (Phi) is 7.55. The molecule has 1 saturated heterocycles. The second-order valence-corrected chi connectivity index (χ2v) is 7.89. The summed E-state index contributed by atoms with van der Waals surface area (Å²) >= 11 is 1.59. The summed E-state index contributed by atoms with van der Waals surface area (Å²) in [6.45, 7) is 5.91. The van der Waals surface area contributed by atoms with Crippen molar-refractivity contribution in [3.05, 3.63) is 23.4 Å². The first-order valence-electron chi connectivity index (χ1n) is 9.73. The van der Waals surface area contributed by atoms with Gasteiger partial charge >= 0.3 is 0 Å². The molecule has 152 valence electrons. The Morgan fingerprint density at radius 2 is 2.04 bits per heavy atom. The molecule has 1 fully saturated rings. The van der Waals surface area contributed by atoms with Crippen LogP contribution in [0.1, 0.15) is 38.5 Å². The van der Waals surface area contributed by atoms with Crippen LogP contribution in [0.25, 0.3) is 10.7 Å². The molecule has 1 N–H and O–H groups in total.